The molecule has 27 heavy (non-hydrogen) atoms. The molecule has 1 aromatic rings. The summed E-state index contributed by atoms with van der Waals surface area (Å²) >= 11 is 0. The fourth-order valence-corrected chi connectivity index (χ4v) is 4.50. The van der Waals surface area contributed by atoms with Crippen LogP contribution in [0.5, 0.6) is 0 Å². The maximum Gasteiger partial charge on any atom is 0.281 e. The lowest BCUT2D eigenvalue weighted by atomic mass is 9.98. The molecule has 1 saturated heterocycles. The number of benzene rings is 1. The van der Waals surface area contributed by atoms with Gasteiger partial charge < -0.3 is 5.32 Å². The molecule has 1 aliphatic rings. The first-order chi connectivity index (χ1) is 12.7. The molecule has 0 unspecified atom stereocenters. The third-order valence-corrected chi connectivity index (χ3v) is 7.04. The van der Waals surface area contributed by atoms with E-state index in [4.69, 9.17) is 0 Å². The quantitative estimate of drug-likeness (QED) is 0.687. The molecular weight excluding hydrogens is 362 g/mol. The van der Waals surface area contributed by atoms with Gasteiger partial charge in [-0.15, -0.1) is 0 Å². The SMILES string of the molecule is CC(C)c1ccc(CCCNC(=O)[C@H]2CCCN(S(=O)(=O)N(C)C)C2)cc1. The fraction of sp³-hybridized carbons (Fsp3) is 0.650. The number of hydrogen-bond acceptors (Lipinski definition) is 3. The van der Waals surface area contributed by atoms with Gasteiger partial charge in [-0.3, -0.25) is 4.79 Å². The van der Waals surface area contributed by atoms with Gasteiger partial charge in [-0.05, 0) is 42.7 Å². The minimum atomic E-state index is -3.45. The molecule has 1 N–H and O–H groups in total. The Labute approximate surface area is 164 Å². The Bertz CT molecular complexity index is 714. The van der Waals surface area contributed by atoms with Crippen LogP contribution in [0.4, 0.5) is 0 Å². The van der Waals surface area contributed by atoms with Crippen LogP contribution >= 0.6 is 0 Å². The van der Waals surface area contributed by atoms with E-state index in [2.05, 4.69) is 43.4 Å². The Morgan fingerprint density at radius 3 is 2.52 bits per heavy atom. The van der Waals surface area contributed by atoms with Crippen molar-refractivity contribution in [1.29, 1.82) is 0 Å². The first-order valence-electron chi connectivity index (χ1n) is 9.76. The molecule has 1 atom stereocenters. The predicted molar refractivity (Wildman–Crippen MR) is 109 cm³/mol. The molecule has 152 valence electrons. The van der Waals surface area contributed by atoms with E-state index in [1.54, 1.807) is 0 Å². The predicted octanol–water partition coefficient (Wildman–Crippen LogP) is 2.38. The molecule has 0 aliphatic carbocycles. The molecule has 7 heteroatoms. The summed E-state index contributed by atoms with van der Waals surface area (Å²) in [6.07, 6.45) is 3.25. The Hall–Kier alpha value is -1.44. The molecule has 1 fully saturated rings. The summed E-state index contributed by atoms with van der Waals surface area (Å²) in [6.45, 7) is 5.72. The minimum Gasteiger partial charge on any atom is -0.356 e. The summed E-state index contributed by atoms with van der Waals surface area (Å²) in [7, 11) is -0.410. The number of carbonyl (C=O) groups is 1. The third kappa shape index (κ3) is 6.02. The van der Waals surface area contributed by atoms with Crippen LogP contribution < -0.4 is 5.32 Å². The number of aryl methyl sites for hydroxylation is 1. The lowest BCUT2D eigenvalue weighted by molar-refractivity contribution is -0.126. The van der Waals surface area contributed by atoms with E-state index in [0.29, 0.717) is 25.4 Å². The maximum absolute atomic E-state index is 12.4. The molecule has 0 saturated carbocycles. The number of piperidine rings is 1. The molecule has 0 bridgehead atoms. The number of nitrogens with one attached hydrogen (secondary N) is 1. The molecule has 0 aromatic heterocycles. The lowest BCUT2D eigenvalue weighted by Gasteiger charge is -2.32. The molecule has 1 aromatic carbocycles. The number of nitrogens with zero attached hydrogens (tertiary/aromatic N) is 2. The highest BCUT2D eigenvalue weighted by Crippen LogP contribution is 2.20. The zero-order chi connectivity index (χ0) is 20.0. The van der Waals surface area contributed by atoms with Crippen LogP contribution in [-0.2, 0) is 21.4 Å². The summed E-state index contributed by atoms with van der Waals surface area (Å²) in [4.78, 5) is 12.4. The van der Waals surface area contributed by atoms with E-state index in [0.717, 1.165) is 19.3 Å². The summed E-state index contributed by atoms with van der Waals surface area (Å²) in [5, 5.41) is 2.98. The summed E-state index contributed by atoms with van der Waals surface area (Å²) in [6, 6.07) is 8.64. The van der Waals surface area contributed by atoms with E-state index < -0.39 is 10.2 Å². The number of amides is 1. The van der Waals surface area contributed by atoms with Crippen molar-refractivity contribution in [1.82, 2.24) is 13.9 Å². The second-order valence-corrected chi connectivity index (χ2v) is 9.92. The molecule has 1 amide bonds. The zero-order valence-corrected chi connectivity index (χ0v) is 17.8. The van der Waals surface area contributed by atoms with Crippen LogP contribution in [0.25, 0.3) is 0 Å². The molecule has 6 nitrogen and oxygen atoms in total. The smallest absolute Gasteiger partial charge is 0.281 e. The van der Waals surface area contributed by atoms with E-state index in [9.17, 15) is 13.2 Å². The van der Waals surface area contributed by atoms with E-state index in [-0.39, 0.29) is 18.4 Å². The molecular formula is C20H33N3O3S. The van der Waals surface area contributed by atoms with Gasteiger partial charge in [-0.2, -0.15) is 17.0 Å². The number of carbonyl (C=O) groups excluding carboxylic acids is 1. The Morgan fingerprint density at radius 1 is 1.26 bits per heavy atom. The van der Waals surface area contributed by atoms with E-state index in [1.807, 2.05) is 0 Å². The van der Waals surface area contributed by atoms with Gasteiger partial charge in [-0.25, -0.2) is 0 Å². The second-order valence-electron chi connectivity index (χ2n) is 7.78. The highest BCUT2D eigenvalue weighted by atomic mass is 32.2. The van der Waals surface area contributed by atoms with Crippen molar-refractivity contribution in [2.24, 2.45) is 5.92 Å². The van der Waals surface area contributed by atoms with Gasteiger partial charge in [0, 0.05) is 33.7 Å². The summed E-state index contributed by atoms with van der Waals surface area (Å²) < 4.78 is 27.1. The van der Waals surface area contributed by atoms with Gasteiger partial charge in [0.05, 0.1) is 5.92 Å². The van der Waals surface area contributed by atoms with Crippen LogP contribution in [-0.4, -0.2) is 56.7 Å². The van der Waals surface area contributed by atoms with Gasteiger partial charge >= 0.3 is 0 Å². The number of hydrogen-bond donors (Lipinski definition) is 1. The van der Waals surface area contributed by atoms with Crippen molar-refractivity contribution in [3.63, 3.8) is 0 Å². The van der Waals surface area contributed by atoms with Crippen molar-refractivity contribution >= 4 is 16.1 Å². The van der Waals surface area contributed by atoms with Crippen LogP contribution in [0.15, 0.2) is 24.3 Å². The fourth-order valence-electron chi connectivity index (χ4n) is 3.31. The first-order valence-corrected chi connectivity index (χ1v) is 11.2. The first kappa shape index (κ1) is 21.9. The highest BCUT2D eigenvalue weighted by Gasteiger charge is 2.33. The van der Waals surface area contributed by atoms with Crippen molar-refractivity contribution in [3.8, 4) is 0 Å². The number of rotatable bonds is 8. The highest BCUT2D eigenvalue weighted by molar-refractivity contribution is 7.86. The molecule has 2 rings (SSSR count). The van der Waals surface area contributed by atoms with Crippen LogP contribution in [0.2, 0.25) is 0 Å². The lowest BCUT2D eigenvalue weighted by Crippen LogP contribution is -2.48. The van der Waals surface area contributed by atoms with Crippen LogP contribution in [0, 0.1) is 5.92 Å². The normalized spacial score (nSPS) is 18.8. The monoisotopic (exact) mass is 395 g/mol. The van der Waals surface area contributed by atoms with Gasteiger partial charge in [0.2, 0.25) is 5.91 Å². The summed E-state index contributed by atoms with van der Waals surface area (Å²) in [5.74, 6) is 0.229. The summed E-state index contributed by atoms with van der Waals surface area (Å²) in [5.41, 5.74) is 2.61. The minimum absolute atomic E-state index is 0.0381. The van der Waals surface area contributed by atoms with Crippen molar-refractivity contribution in [3.05, 3.63) is 35.4 Å². The van der Waals surface area contributed by atoms with Gasteiger partial charge in [0.1, 0.15) is 0 Å². The largest absolute Gasteiger partial charge is 0.356 e. The molecule has 0 radical (unpaired) electrons. The zero-order valence-electron chi connectivity index (χ0n) is 16.9. The standard InChI is InChI=1S/C20H33N3O3S/c1-16(2)18-11-9-17(10-12-18)7-5-13-21-20(24)19-8-6-14-23(15-19)27(25,26)22(3)4/h9-12,16,19H,5-8,13-15H2,1-4H3,(H,21,24)/t19-/m0/s1. The van der Waals surface area contributed by atoms with Gasteiger partial charge in [0.15, 0.2) is 0 Å². The van der Waals surface area contributed by atoms with Gasteiger partial charge in [0.25, 0.3) is 10.2 Å². The second kappa shape index (κ2) is 9.66. The average molecular weight is 396 g/mol. The topological polar surface area (TPSA) is 69.7 Å². The van der Waals surface area contributed by atoms with E-state index in [1.165, 1.54) is 33.8 Å². The Balaban J connectivity index is 1.77. The molecule has 1 heterocycles. The Kier molecular flexibility index (Phi) is 7.82. The average Bonchev–Trinajstić information content (AvgIpc) is 2.65. The maximum atomic E-state index is 12.4. The van der Waals surface area contributed by atoms with Crippen molar-refractivity contribution in [2.75, 3.05) is 33.7 Å². The van der Waals surface area contributed by atoms with E-state index >= 15 is 0 Å². The third-order valence-electron chi connectivity index (χ3n) is 5.13. The van der Waals surface area contributed by atoms with Crippen LogP contribution in [0.3, 0.4) is 0 Å². The van der Waals surface area contributed by atoms with Crippen molar-refractivity contribution < 1.29 is 13.2 Å². The van der Waals surface area contributed by atoms with Crippen LogP contribution in [0.1, 0.15) is 50.2 Å². The van der Waals surface area contributed by atoms with Crippen molar-refractivity contribution in [2.45, 2.75) is 45.4 Å². The molecule has 1 aliphatic heterocycles. The van der Waals surface area contributed by atoms with Gasteiger partial charge in [-0.1, -0.05) is 38.1 Å². The Morgan fingerprint density at radius 2 is 1.93 bits per heavy atom. The molecule has 0 spiro atoms.